The second-order valence-corrected chi connectivity index (χ2v) is 5.51. The van der Waals surface area contributed by atoms with Crippen LogP contribution in [0.15, 0.2) is 0 Å². The summed E-state index contributed by atoms with van der Waals surface area (Å²) in [5.41, 5.74) is 0.190. The van der Waals surface area contributed by atoms with Gasteiger partial charge < -0.3 is 0 Å². The monoisotopic (exact) mass is 212 g/mol. The number of amides is 1. The van der Waals surface area contributed by atoms with Gasteiger partial charge in [0.05, 0.1) is 0 Å². The molecule has 1 aliphatic rings. The van der Waals surface area contributed by atoms with Crippen LogP contribution in [-0.2, 0) is 4.79 Å². The number of hydrogen-bond acceptors (Lipinski definition) is 2. The largest absolute Gasteiger partial charge is 0.275 e. The average molecular weight is 212 g/mol. The number of hydrazine groups is 1. The minimum absolute atomic E-state index is 0.160. The Balaban J connectivity index is 2.98. The van der Waals surface area contributed by atoms with E-state index < -0.39 is 0 Å². The van der Waals surface area contributed by atoms with Crippen molar-refractivity contribution in [3.63, 3.8) is 0 Å². The van der Waals surface area contributed by atoms with Gasteiger partial charge in [-0.25, -0.2) is 5.01 Å². The average Bonchev–Trinajstić information content (AvgIpc) is 2.36. The molecule has 1 fully saturated rings. The van der Waals surface area contributed by atoms with Crippen LogP contribution in [0.1, 0.15) is 41.5 Å². The standard InChI is InChI=1S/C12H24N2O/c1-7-13-11(9(2)3)12(5,6)8-14(13)10(4)15/h9,11H,7-8H2,1-6H3. The summed E-state index contributed by atoms with van der Waals surface area (Å²) in [7, 11) is 0. The minimum atomic E-state index is 0.160. The van der Waals surface area contributed by atoms with E-state index in [1.54, 1.807) is 6.92 Å². The number of rotatable bonds is 2. The highest BCUT2D eigenvalue weighted by molar-refractivity contribution is 5.73. The summed E-state index contributed by atoms with van der Waals surface area (Å²) in [4.78, 5) is 11.6. The first-order valence-corrected chi connectivity index (χ1v) is 5.86. The summed E-state index contributed by atoms with van der Waals surface area (Å²) in [5, 5.41) is 4.14. The first-order chi connectivity index (χ1) is 6.81. The van der Waals surface area contributed by atoms with Gasteiger partial charge in [0.25, 0.3) is 0 Å². The van der Waals surface area contributed by atoms with Crippen molar-refractivity contribution >= 4 is 5.91 Å². The van der Waals surface area contributed by atoms with Crippen LogP contribution < -0.4 is 0 Å². The van der Waals surface area contributed by atoms with Gasteiger partial charge in [-0.05, 0) is 5.92 Å². The van der Waals surface area contributed by atoms with Gasteiger partial charge in [-0.15, -0.1) is 0 Å². The predicted molar refractivity (Wildman–Crippen MR) is 62.2 cm³/mol. The molecule has 15 heavy (non-hydrogen) atoms. The van der Waals surface area contributed by atoms with Gasteiger partial charge in [0, 0.05) is 31.5 Å². The topological polar surface area (TPSA) is 23.6 Å². The maximum Gasteiger partial charge on any atom is 0.233 e. The minimum Gasteiger partial charge on any atom is -0.275 e. The molecule has 0 aromatic rings. The van der Waals surface area contributed by atoms with Crippen molar-refractivity contribution in [2.75, 3.05) is 13.1 Å². The van der Waals surface area contributed by atoms with Crippen LogP contribution in [-0.4, -0.2) is 35.1 Å². The molecule has 1 atom stereocenters. The lowest BCUT2D eigenvalue weighted by molar-refractivity contribution is -0.143. The zero-order valence-electron chi connectivity index (χ0n) is 10.9. The SMILES string of the molecule is CCN1C(C(C)C)C(C)(C)CN1C(C)=O. The van der Waals surface area contributed by atoms with Crippen molar-refractivity contribution < 1.29 is 4.79 Å². The third-order valence-electron chi connectivity index (χ3n) is 3.31. The lowest BCUT2D eigenvalue weighted by Crippen LogP contribution is -2.46. The van der Waals surface area contributed by atoms with Gasteiger partial charge in [-0.3, -0.25) is 9.80 Å². The third kappa shape index (κ3) is 2.17. The fourth-order valence-corrected chi connectivity index (χ4v) is 3.03. The van der Waals surface area contributed by atoms with Gasteiger partial charge in [0.15, 0.2) is 0 Å². The molecule has 1 aliphatic heterocycles. The molecule has 0 aromatic carbocycles. The molecule has 0 saturated carbocycles. The van der Waals surface area contributed by atoms with E-state index in [2.05, 4.69) is 39.6 Å². The van der Waals surface area contributed by atoms with Crippen molar-refractivity contribution in [3.05, 3.63) is 0 Å². The molecular weight excluding hydrogens is 188 g/mol. The Kier molecular flexibility index (Phi) is 3.44. The lowest BCUT2D eigenvalue weighted by Gasteiger charge is -2.35. The number of carbonyl (C=O) groups excluding carboxylic acids is 1. The van der Waals surface area contributed by atoms with Gasteiger partial charge >= 0.3 is 0 Å². The van der Waals surface area contributed by atoms with Crippen molar-refractivity contribution in [1.82, 2.24) is 10.0 Å². The Morgan fingerprint density at radius 2 is 2.00 bits per heavy atom. The summed E-state index contributed by atoms with van der Waals surface area (Å²) < 4.78 is 0. The molecule has 0 aliphatic carbocycles. The maximum atomic E-state index is 11.6. The molecule has 1 unspecified atom stereocenters. The molecule has 1 amide bonds. The van der Waals surface area contributed by atoms with Crippen LogP contribution in [0.3, 0.4) is 0 Å². The smallest absolute Gasteiger partial charge is 0.233 e. The Morgan fingerprint density at radius 3 is 2.33 bits per heavy atom. The molecule has 0 spiro atoms. The van der Waals surface area contributed by atoms with E-state index in [-0.39, 0.29) is 11.3 Å². The zero-order chi connectivity index (χ0) is 11.8. The summed E-state index contributed by atoms with van der Waals surface area (Å²) in [6.07, 6.45) is 0. The molecule has 3 heteroatoms. The number of carbonyl (C=O) groups is 1. The number of hydrogen-bond donors (Lipinski definition) is 0. The summed E-state index contributed by atoms with van der Waals surface area (Å²) >= 11 is 0. The molecule has 0 N–H and O–H groups in total. The molecule has 0 radical (unpaired) electrons. The second-order valence-electron chi connectivity index (χ2n) is 5.51. The van der Waals surface area contributed by atoms with E-state index in [1.165, 1.54) is 0 Å². The Morgan fingerprint density at radius 1 is 1.47 bits per heavy atom. The van der Waals surface area contributed by atoms with E-state index in [1.807, 2.05) is 5.01 Å². The van der Waals surface area contributed by atoms with E-state index >= 15 is 0 Å². The van der Waals surface area contributed by atoms with Gasteiger partial charge in [0.2, 0.25) is 5.91 Å². The molecule has 1 rings (SSSR count). The van der Waals surface area contributed by atoms with Crippen molar-refractivity contribution in [1.29, 1.82) is 0 Å². The van der Waals surface area contributed by atoms with Crippen molar-refractivity contribution in [3.8, 4) is 0 Å². The van der Waals surface area contributed by atoms with Crippen molar-refractivity contribution in [2.45, 2.75) is 47.6 Å². The molecule has 1 saturated heterocycles. The van der Waals surface area contributed by atoms with Gasteiger partial charge in [-0.1, -0.05) is 34.6 Å². The first-order valence-electron chi connectivity index (χ1n) is 5.86. The summed E-state index contributed by atoms with van der Waals surface area (Å²) in [6, 6.07) is 0.464. The molecule has 1 heterocycles. The summed E-state index contributed by atoms with van der Waals surface area (Å²) in [5.74, 6) is 0.734. The third-order valence-corrected chi connectivity index (χ3v) is 3.31. The molecule has 0 aromatic heterocycles. The Hall–Kier alpha value is -0.570. The van der Waals surface area contributed by atoms with Crippen LogP contribution >= 0.6 is 0 Å². The fraction of sp³-hybridized carbons (Fsp3) is 0.917. The highest BCUT2D eigenvalue weighted by atomic mass is 16.2. The Labute approximate surface area is 93.4 Å². The van der Waals surface area contributed by atoms with Crippen LogP contribution in [0.25, 0.3) is 0 Å². The van der Waals surface area contributed by atoms with Crippen LogP contribution in [0.5, 0.6) is 0 Å². The first kappa shape index (κ1) is 12.5. The van der Waals surface area contributed by atoms with Gasteiger partial charge in [0.1, 0.15) is 0 Å². The number of nitrogens with zero attached hydrogens (tertiary/aromatic N) is 2. The molecule has 3 nitrogen and oxygen atoms in total. The van der Waals surface area contributed by atoms with E-state index in [9.17, 15) is 4.79 Å². The second kappa shape index (κ2) is 4.12. The lowest BCUT2D eigenvalue weighted by atomic mass is 9.80. The normalized spacial score (nSPS) is 26.3. The summed E-state index contributed by atoms with van der Waals surface area (Å²) in [6.45, 7) is 14.5. The highest BCUT2D eigenvalue weighted by Gasteiger charge is 2.46. The molecular formula is C12H24N2O. The molecule has 88 valence electrons. The quantitative estimate of drug-likeness (QED) is 0.700. The van der Waals surface area contributed by atoms with Crippen LogP contribution in [0.2, 0.25) is 0 Å². The highest BCUT2D eigenvalue weighted by Crippen LogP contribution is 2.38. The molecule has 0 bridgehead atoms. The van der Waals surface area contributed by atoms with Crippen LogP contribution in [0.4, 0.5) is 0 Å². The van der Waals surface area contributed by atoms with E-state index in [0.717, 1.165) is 13.1 Å². The fourth-order valence-electron chi connectivity index (χ4n) is 3.03. The zero-order valence-corrected chi connectivity index (χ0v) is 10.9. The van der Waals surface area contributed by atoms with Crippen molar-refractivity contribution in [2.24, 2.45) is 11.3 Å². The maximum absolute atomic E-state index is 11.6. The predicted octanol–water partition coefficient (Wildman–Crippen LogP) is 2.14. The van der Waals surface area contributed by atoms with E-state index in [4.69, 9.17) is 0 Å². The Bertz CT molecular complexity index is 248. The van der Waals surface area contributed by atoms with Gasteiger partial charge in [-0.2, -0.15) is 0 Å². The van der Waals surface area contributed by atoms with Crippen LogP contribution in [0, 0.1) is 11.3 Å². The van der Waals surface area contributed by atoms with E-state index in [0.29, 0.717) is 12.0 Å².